The Bertz CT molecular complexity index is 1170. The largest absolute Gasteiger partial charge is 0.337 e. The van der Waals surface area contributed by atoms with E-state index in [1.54, 1.807) is 18.2 Å². The number of carbonyl (C=O) groups is 1. The molecule has 152 valence electrons. The highest BCUT2D eigenvalue weighted by atomic mass is 19.1. The van der Waals surface area contributed by atoms with E-state index >= 15 is 0 Å². The Balaban J connectivity index is 1.21. The summed E-state index contributed by atoms with van der Waals surface area (Å²) in [6.07, 6.45) is 3.82. The normalized spacial score (nSPS) is 15.0. The predicted octanol–water partition coefficient (Wildman–Crippen LogP) is 4.12. The number of nitrogens with one attached hydrogen (secondary N) is 1. The van der Waals surface area contributed by atoms with Crippen molar-refractivity contribution >= 4 is 16.9 Å². The molecular formula is C23H22FN5O. The van der Waals surface area contributed by atoms with Crippen LogP contribution in [0.25, 0.3) is 22.3 Å². The molecule has 1 aliphatic rings. The first kappa shape index (κ1) is 18.5. The second-order valence-corrected chi connectivity index (χ2v) is 7.79. The van der Waals surface area contributed by atoms with Crippen molar-refractivity contribution in [3.63, 3.8) is 0 Å². The molecule has 5 rings (SSSR count). The molecule has 2 aromatic carbocycles. The number of amides is 1. The number of piperidine rings is 1. The first-order valence-electron chi connectivity index (χ1n) is 10.2. The minimum atomic E-state index is -0.294. The van der Waals surface area contributed by atoms with Gasteiger partial charge in [-0.25, -0.2) is 9.37 Å². The van der Waals surface area contributed by atoms with Gasteiger partial charge in [0.25, 0.3) is 5.91 Å². The third-order valence-electron chi connectivity index (χ3n) is 5.83. The first-order chi connectivity index (χ1) is 14.7. The number of imidazole rings is 1. The molecule has 2 aromatic heterocycles. The zero-order chi connectivity index (χ0) is 20.5. The highest BCUT2D eigenvalue weighted by Gasteiger charge is 2.25. The molecule has 0 bridgehead atoms. The molecule has 4 aromatic rings. The smallest absolute Gasteiger partial charge is 0.271 e. The molecule has 1 saturated heterocycles. The topological polar surface area (TPSA) is 66.8 Å². The van der Waals surface area contributed by atoms with E-state index in [4.69, 9.17) is 0 Å². The Hall–Kier alpha value is -3.48. The van der Waals surface area contributed by atoms with E-state index in [9.17, 15) is 9.18 Å². The Morgan fingerprint density at radius 1 is 1.10 bits per heavy atom. The highest BCUT2D eigenvalue weighted by molar-refractivity contribution is 5.93. The molecule has 0 unspecified atom stereocenters. The van der Waals surface area contributed by atoms with Gasteiger partial charge in [0.05, 0.1) is 23.1 Å². The van der Waals surface area contributed by atoms with Crippen molar-refractivity contribution in [1.29, 1.82) is 0 Å². The molecule has 1 N–H and O–H groups in total. The Labute approximate surface area is 173 Å². The lowest BCUT2D eigenvalue weighted by atomic mass is 9.96. The molecule has 0 aliphatic carbocycles. The Kier molecular flexibility index (Phi) is 4.78. The number of aromatic nitrogens is 4. The third-order valence-corrected chi connectivity index (χ3v) is 5.83. The number of H-pyrrole nitrogens is 1. The van der Waals surface area contributed by atoms with Gasteiger partial charge in [-0.15, -0.1) is 0 Å². The van der Waals surface area contributed by atoms with Crippen LogP contribution >= 0.6 is 0 Å². The second-order valence-electron chi connectivity index (χ2n) is 7.79. The summed E-state index contributed by atoms with van der Waals surface area (Å²) in [5, 5.41) is 7.06. The van der Waals surface area contributed by atoms with Crippen LogP contribution < -0.4 is 0 Å². The molecule has 1 amide bonds. The highest BCUT2D eigenvalue weighted by Crippen LogP contribution is 2.24. The molecule has 1 aliphatic heterocycles. The molecule has 6 nitrogen and oxygen atoms in total. The summed E-state index contributed by atoms with van der Waals surface area (Å²) in [6, 6.07) is 16.0. The average molecular weight is 403 g/mol. The third kappa shape index (κ3) is 3.58. The Morgan fingerprint density at radius 3 is 2.67 bits per heavy atom. The molecular weight excluding hydrogens is 381 g/mol. The van der Waals surface area contributed by atoms with Gasteiger partial charge in [-0.1, -0.05) is 12.1 Å². The number of aromatic amines is 1. The van der Waals surface area contributed by atoms with E-state index in [1.165, 1.54) is 12.1 Å². The number of halogens is 1. The van der Waals surface area contributed by atoms with Crippen molar-refractivity contribution < 1.29 is 9.18 Å². The number of hydrogen-bond acceptors (Lipinski definition) is 3. The molecule has 1 fully saturated rings. The van der Waals surface area contributed by atoms with Crippen LogP contribution in [-0.4, -0.2) is 43.6 Å². The summed E-state index contributed by atoms with van der Waals surface area (Å²) < 4.78 is 15.3. The summed E-state index contributed by atoms with van der Waals surface area (Å²) in [5.74, 6) is 0.183. The fourth-order valence-corrected chi connectivity index (χ4v) is 4.12. The fraction of sp³-hybridized carbons (Fsp3) is 0.261. The number of benzene rings is 2. The quantitative estimate of drug-likeness (QED) is 0.557. The maximum absolute atomic E-state index is 13.1. The summed E-state index contributed by atoms with van der Waals surface area (Å²) >= 11 is 0. The van der Waals surface area contributed by atoms with Crippen LogP contribution in [0.3, 0.4) is 0 Å². The molecule has 0 atom stereocenters. The molecule has 7 heteroatoms. The molecule has 0 radical (unpaired) electrons. The van der Waals surface area contributed by atoms with Gasteiger partial charge >= 0.3 is 0 Å². The van der Waals surface area contributed by atoms with Crippen LogP contribution in [0.5, 0.6) is 0 Å². The first-order valence-corrected chi connectivity index (χ1v) is 10.2. The molecule has 3 heterocycles. The van der Waals surface area contributed by atoms with Gasteiger partial charge in [-0.05, 0) is 61.2 Å². The zero-order valence-electron chi connectivity index (χ0n) is 16.5. The summed E-state index contributed by atoms with van der Waals surface area (Å²) in [4.78, 5) is 19.2. The van der Waals surface area contributed by atoms with Gasteiger partial charge in [0, 0.05) is 25.2 Å². The van der Waals surface area contributed by atoms with Crippen molar-refractivity contribution in [3.8, 4) is 11.3 Å². The van der Waals surface area contributed by atoms with Crippen molar-refractivity contribution in [1.82, 2.24) is 24.6 Å². The summed E-state index contributed by atoms with van der Waals surface area (Å²) in [5.41, 5.74) is 4.05. The molecule has 0 saturated carbocycles. The Morgan fingerprint density at radius 2 is 1.87 bits per heavy atom. The lowest BCUT2D eigenvalue weighted by Crippen LogP contribution is -2.39. The van der Waals surface area contributed by atoms with Gasteiger partial charge in [0.2, 0.25) is 0 Å². The van der Waals surface area contributed by atoms with Crippen LogP contribution in [-0.2, 0) is 6.54 Å². The number of nitrogens with zero attached hydrogens (tertiary/aromatic N) is 4. The summed E-state index contributed by atoms with van der Waals surface area (Å²) in [7, 11) is 0. The minimum absolute atomic E-state index is 0.0395. The van der Waals surface area contributed by atoms with E-state index < -0.39 is 0 Å². The standard InChI is InChI=1S/C23H22FN5O/c24-18-7-5-17(6-8-18)20-13-21(27-26-20)23(30)28-11-9-16(10-12-28)14-29-15-25-19-3-1-2-4-22(19)29/h1-8,13,15-16H,9-12,14H2,(H,26,27). The van der Waals surface area contributed by atoms with Gasteiger partial charge in [0.1, 0.15) is 11.5 Å². The van der Waals surface area contributed by atoms with Gasteiger partial charge in [0.15, 0.2) is 0 Å². The molecule has 30 heavy (non-hydrogen) atoms. The van der Waals surface area contributed by atoms with Gasteiger partial charge in [-0.3, -0.25) is 9.89 Å². The lowest BCUT2D eigenvalue weighted by molar-refractivity contribution is 0.0677. The van der Waals surface area contributed by atoms with Crippen LogP contribution in [0.15, 0.2) is 60.9 Å². The van der Waals surface area contributed by atoms with E-state index in [0.717, 1.165) is 49.1 Å². The maximum Gasteiger partial charge on any atom is 0.271 e. The zero-order valence-corrected chi connectivity index (χ0v) is 16.5. The van der Waals surface area contributed by atoms with Crippen molar-refractivity contribution in [3.05, 3.63) is 72.4 Å². The minimum Gasteiger partial charge on any atom is -0.337 e. The molecule has 0 spiro atoms. The van der Waals surface area contributed by atoms with Crippen LogP contribution in [0.4, 0.5) is 4.39 Å². The average Bonchev–Trinajstić information content (AvgIpc) is 3.42. The maximum atomic E-state index is 13.1. The van der Waals surface area contributed by atoms with E-state index in [0.29, 0.717) is 17.3 Å². The van der Waals surface area contributed by atoms with Gasteiger partial charge < -0.3 is 9.47 Å². The number of fused-ring (bicyclic) bond motifs is 1. The van der Waals surface area contributed by atoms with Gasteiger partial charge in [-0.2, -0.15) is 5.10 Å². The van der Waals surface area contributed by atoms with Crippen molar-refractivity contribution in [2.24, 2.45) is 5.92 Å². The van der Waals surface area contributed by atoms with Crippen molar-refractivity contribution in [2.75, 3.05) is 13.1 Å². The predicted molar refractivity (Wildman–Crippen MR) is 112 cm³/mol. The summed E-state index contributed by atoms with van der Waals surface area (Å²) in [6.45, 7) is 2.36. The number of likely N-dealkylation sites (tertiary alicyclic amines) is 1. The monoisotopic (exact) mass is 403 g/mol. The lowest BCUT2D eigenvalue weighted by Gasteiger charge is -2.32. The number of rotatable bonds is 4. The SMILES string of the molecule is O=C(c1cc(-c2ccc(F)cc2)n[nH]1)N1CCC(Cn2cnc3ccccc32)CC1. The fourth-order valence-electron chi connectivity index (χ4n) is 4.12. The van der Waals surface area contributed by atoms with E-state index in [-0.39, 0.29) is 11.7 Å². The van der Waals surface area contributed by atoms with Crippen LogP contribution in [0.1, 0.15) is 23.3 Å². The van der Waals surface area contributed by atoms with E-state index in [2.05, 4.69) is 25.8 Å². The number of hydrogen-bond donors (Lipinski definition) is 1. The number of para-hydroxylation sites is 2. The number of carbonyl (C=O) groups excluding carboxylic acids is 1. The van der Waals surface area contributed by atoms with Crippen LogP contribution in [0.2, 0.25) is 0 Å². The second kappa shape index (κ2) is 7.74. The van der Waals surface area contributed by atoms with Crippen LogP contribution in [0, 0.1) is 11.7 Å². The van der Waals surface area contributed by atoms with E-state index in [1.807, 2.05) is 29.4 Å². The van der Waals surface area contributed by atoms with Crippen molar-refractivity contribution in [2.45, 2.75) is 19.4 Å².